The number of benzene rings is 6. The van der Waals surface area contributed by atoms with E-state index in [0.29, 0.717) is 0 Å². The Balaban J connectivity index is 1.15. The summed E-state index contributed by atoms with van der Waals surface area (Å²) < 4.78 is 2.41. The molecule has 224 valence electrons. The third-order valence-electron chi connectivity index (χ3n) is 9.70. The van der Waals surface area contributed by atoms with Crippen LogP contribution in [0.3, 0.4) is 0 Å². The van der Waals surface area contributed by atoms with Gasteiger partial charge in [0.2, 0.25) is 0 Å². The SMILES string of the molecule is CC1(C)c2cc(N(c3ccccc3)c3ccc(-c4ncccn4)cc3)ccc2-c2ccc(-n3c4ccccc4c4ccccc43)cc21. The van der Waals surface area contributed by atoms with Crippen molar-refractivity contribution in [1.29, 1.82) is 0 Å². The molecule has 0 N–H and O–H groups in total. The van der Waals surface area contributed by atoms with Crippen LogP contribution in [0.4, 0.5) is 17.1 Å². The summed E-state index contributed by atoms with van der Waals surface area (Å²) in [6, 6.07) is 52.3. The van der Waals surface area contributed by atoms with Gasteiger partial charge in [-0.1, -0.05) is 80.6 Å². The molecule has 0 unspecified atom stereocenters. The van der Waals surface area contributed by atoms with E-state index in [1.165, 1.54) is 49.7 Å². The van der Waals surface area contributed by atoms with Gasteiger partial charge >= 0.3 is 0 Å². The summed E-state index contributed by atoms with van der Waals surface area (Å²) in [7, 11) is 0. The minimum atomic E-state index is -0.188. The Morgan fingerprint density at radius 1 is 0.511 bits per heavy atom. The third-order valence-corrected chi connectivity index (χ3v) is 9.70. The molecule has 0 saturated heterocycles. The maximum absolute atomic E-state index is 4.44. The van der Waals surface area contributed by atoms with Gasteiger partial charge < -0.3 is 9.47 Å². The first-order chi connectivity index (χ1) is 23.1. The fourth-order valence-electron chi connectivity index (χ4n) is 7.42. The molecule has 6 aromatic carbocycles. The molecular weight excluding hydrogens is 573 g/mol. The van der Waals surface area contributed by atoms with E-state index in [4.69, 9.17) is 0 Å². The highest BCUT2D eigenvalue weighted by Gasteiger charge is 2.36. The van der Waals surface area contributed by atoms with E-state index in [9.17, 15) is 0 Å². The van der Waals surface area contributed by atoms with Crippen LogP contribution in [0, 0.1) is 0 Å². The van der Waals surface area contributed by atoms with Gasteiger partial charge in [-0.05, 0) is 101 Å². The molecule has 4 heteroatoms. The van der Waals surface area contributed by atoms with E-state index in [1.54, 1.807) is 12.4 Å². The van der Waals surface area contributed by atoms with Crippen molar-refractivity contribution in [3.8, 4) is 28.2 Å². The van der Waals surface area contributed by atoms with Crippen molar-refractivity contribution >= 4 is 38.9 Å². The maximum atomic E-state index is 4.44. The molecule has 9 rings (SSSR count). The van der Waals surface area contributed by atoms with E-state index in [-0.39, 0.29) is 5.41 Å². The van der Waals surface area contributed by atoms with E-state index in [1.807, 2.05) is 6.07 Å². The van der Waals surface area contributed by atoms with Gasteiger partial charge in [0.05, 0.1) is 11.0 Å². The van der Waals surface area contributed by atoms with E-state index >= 15 is 0 Å². The zero-order chi connectivity index (χ0) is 31.5. The molecule has 2 heterocycles. The number of anilines is 3. The number of fused-ring (bicyclic) bond motifs is 6. The molecular formula is C43H32N4. The lowest BCUT2D eigenvalue weighted by atomic mass is 9.82. The van der Waals surface area contributed by atoms with Crippen LogP contribution in [0.1, 0.15) is 25.0 Å². The molecule has 0 fully saturated rings. The molecule has 0 saturated carbocycles. The standard InChI is InChI=1S/C43H32N4/c1-43(2)38-27-32(46(30-11-4-3-5-12-30)31-19-17-29(18-20-31)42-44-25-10-26-45-42)21-23-34(38)35-24-22-33(28-39(35)43)47-40-15-8-6-13-36(40)37-14-7-9-16-41(37)47/h3-28H,1-2H3. The molecule has 1 aliphatic rings. The average Bonchev–Trinajstić information content (AvgIpc) is 3.58. The van der Waals surface area contributed by atoms with Crippen molar-refractivity contribution in [3.05, 3.63) is 169 Å². The van der Waals surface area contributed by atoms with Crippen LogP contribution in [-0.2, 0) is 5.41 Å². The number of hydrogen-bond acceptors (Lipinski definition) is 3. The first-order valence-corrected chi connectivity index (χ1v) is 16.1. The van der Waals surface area contributed by atoms with Crippen molar-refractivity contribution < 1.29 is 0 Å². The van der Waals surface area contributed by atoms with Crippen molar-refractivity contribution in [3.63, 3.8) is 0 Å². The normalized spacial score (nSPS) is 13.1. The minimum Gasteiger partial charge on any atom is -0.310 e. The molecule has 0 spiro atoms. The zero-order valence-electron chi connectivity index (χ0n) is 26.3. The second-order valence-electron chi connectivity index (χ2n) is 12.7. The lowest BCUT2D eigenvalue weighted by Crippen LogP contribution is -2.17. The van der Waals surface area contributed by atoms with E-state index in [0.717, 1.165) is 28.5 Å². The van der Waals surface area contributed by atoms with E-state index in [2.05, 4.69) is 173 Å². The maximum Gasteiger partial charge on any atom is 0.159 e. The Morgan fingerprint density at radius 3 is 1.74 bits per heavy atom. The predicted molar refractivity (Wildman–Crippen MR) is 194 cm³/mol. The number of para-hydroxylation sites is 3. The number of nitrogens with zero attached hydrogens (tertiary/aromatic N) is 4. The van der Waals surface area contributed by atoms with Crippen molar-refractivity contribution in [2.75, 3.05) is 4.90 Å². The smallest absolute Gasteiger partial charge is 0.159 e. The number of aromatic nitrogens is 3. The molecule has 4 nitrogen and oxygen atoms in total. The van der Waals surface area contributed by atoms with Gasteiger partial charge in [0, 0.05) is 56.9 Å². The predicted octanol–water partition coefficient (Wildman–Crippen LogP) is 11.0. The molecule has 0 radical (unpaired) electrons. The Labute approximate surface area is 274 Å². The molecule has 0 amide bonds. The Morgan fingerprint density at radius 2 is 1.06 bits per heavy atom. The average molecular weight is 605 g/mol. The van der Waals surface area contributed by atoms with Gasteiger partial charge in [-0.2, -0.15) is 0 Å². The van der Waals surface area contributed by atoms with E-state index < -0.39 is 0 Å². The molecule has 8 aromatic rings. The minimum absolute atomic E-state index is 0.188. The van der Waals surface area contributed by atoms with Crippen molar-refractivity contribution in [2.24, 2.45) is 0 Å². The van der Waals surface area contributed by atoms with Gasteiger partial charge in [0.15, 0.2) is 5.82 Å². The highest BCUT2D eigenvalue weighted by Crippen LogP contribution is 2.51. The Kier molecular flexibility index (Phi) is 6.12. The van der Waals surface area contributed by atoms with Gasteiger partial charge in [-0.3, -0.25) is 0 Å². The zero-order valence-corrected chi connectivity index (χ0v) is 26.3. The Hall–Kier alpha value is -6.00. The lowest BCUT2D eigenvalue weighted by molar-refractivity contribution is 0.660. The highest BCUT2D eigenvalue weighted by atomic mass is 15.1. The van der Waals surface area contributed by atoms with Gasteiger partial charge in [-0.25, -0.2) is 9.97 Å². The summed E-state index contributed by atoms with van der Waals surface area (Å²) >= 11 is 0. The third kappa shape index (κ3) is 4.29. The van der Waals surface area contributed by atoms with Crippen LogP contribution in [0.2, 0.25) is 0 Å². The van der Waals surface area contributed by atoms with Gasteiger partial charge in [-0.15, -0.1) is 0 Å². The second kappa shape index (κ2) is 10.5. The quantitative estimate of drug-likeness (QED) is 0.196. The van der Waals surface area contributed by atoms with Crippen LogP contribution >= 0.6 is 0 Å². The summed E-state index contributed by atoms with van der Waals surface area (Å²) in [4.78, 5) is 11.2. The van der Waals surface area contributed by atoms with Crippen LogP contribution in [0.15, 0.2) is 158 Å². The summed E-state index contributed by atoms with van der Waals surface area (Å²) in [5.41, 5.74) is 13.1. The van der Waals surface area contributed by atoms with Gasteiger partial charge in [0.25, 0.3) is 0 Å². The molecule has 0 atom stereocenters. The van der Waals surface area contributed by atoms with Crippen LogP contribution in [0.25, 0.3) is 50.0 Å². The van der Waals surface area contributed by atoms with Gasteiger partial charge in [0.1, 0.15) is 0 Å². The van der Waals surface area contributed by atoms with Crippen molar-refractivity contribution in [1.82, 2.24) is 14.5 Å². The number of hydrogen-bond donors (Lipinski definition) is 0. The monoisotopic (exact) mass is 604 g/mol. The first kappa shape index (κ1) is 27.3. The lowest BCUT2D eigenvalue weighted by Gasteiger charge is -2.28. The topological polar surface area (TPSA) is 34.0 Å². The molecule has 0 bridgehead atoms. The van der Waals surface area contributed by atoms with Crippen LogP contribution in [-0.4, -0.2) is 14.5 Å². The molecule has 47 heavy (non-hydrogen) atoms. The highest BCUT2D eigenvalue weighted by molar-refractivity contribution is 6.09. The fourth-order valence-corrected chi connectivity index (χ4v) is 7.42. The largest absolute Gasteiger partial charge is 0.310 e. The summed E-state index contributed by atoms with van der Waals surface area (Å²) in [6.07, 6.45) is 3.56. The Bertz CT molecular complexity index is 2370. The molecule has 1 aliphatic carbocycles. The molecule has 2 aromatic heterocycles. The first-order valence-electron chi connectivity index (χ1n) is 16.1. The number of rotatable bonds is 5. The summed E-state index contributed by atoms with van der Waals surface area (Å²) in [5.74, 6) is 0.725. The molecule has 0 aliphatic heterocycles. The summed E-state index contributed by atoms with van der Waals surface area (Å²) in [5, 5.41) is 2.56. The van der Waals surface area contributed by atoms with Crippen LogP contribution in [0.5, 0.6) is 0 Å². The fraction of sp³-hybridized carbons (Fsp3) is 0.0698. The van der Waals surface area contributed by atoms with Crippen LogP contribution < -0.4 is 4.90 Å². The summed E-state index contributed by atoms with van der Waals surface area (Å²) in [6.45, 7) is 4.72. The van der Waals surface area contributed by atoms with Crippen molar-refractivity contribution in [2.45, 2.75) is 19.3 Å². The second-order valence-corrected chi connectivity index (χ2v) is 12.7.